The van der Waals surface area contributed by atoms with E-state index in [0.29, 0.717) is 11.3 Å². The second-order valence-electron chi connectivity index (χ2n) is 3.34. The van der Waals surface area contributed by atoms with Crippen molar-refractivity contribution in [1.29, 1.82) is 0 Å². The number of nitrogens with zero attached hydrogens (tertiary/aromatic N) is 1. The zero-order valence-electron chi connectivity index (χ0n) is 8.60. The van der Waals surface area contributed by atoms with Gasteiger partial charge in [-0.25, -0.2) is 0 Å². The van der Waals surface area contributed by atoms with Gasteiger partial charge in [0.1, 0.15) is 0 Å². The summed E-state index contributed by atoms with van der Waals surface area (Å²) in [4.78, 5) is 34.9. The van der Waals surface area contributed by atoms with Crippen molar-refractivity contribution < 1.29 is 19.1 Å². The highest BCUT2D eigenvalue weighted by Crippen LogP contribution is 2.27. The van der Waals surface area contributed by atoms with Crippen LogP contribution in [-0.2, 0) is 14.3 Å². The highest BCUT2D eigenvalue weighted by atomic mass is 16.5. The molecular formula is C11H9NO4. The number of ether oxygens (including phenoxy) is 1. The zero-order valence-corrected chi connectivity index (χ0v) is 8.60. The van der Waals surface area contributed by atoms with E-state index < -0.39 is 17.7 Å². The Balaban J connectivity index is 2.30. The number of fused-ring (bicyclic) bond motifs is 1. The van der Waals surface area contributed by atoms with E-state index in [1.54, 1.807) is 24.3 Å². The predicted octanol–water partition coefficient (Wildman–Crippen LogP) is 0.736. The maximum absolute atomic E-state index is 11.6. The SMILES string of the molecule is CC(=O)OCN1C(=O)C(=O)c2ccccc21. The molecule has 0 spiro atoms. The third-order valence-electron chi connectivity index (χ3n) is 2.28. The lowest BCUT2D eigenvalue weighted by atomic mass is 10.1. The average molecular weight is 219 g/mol. The summed E-state index contributed by atoms with van der Waals surface area (Å²) in [6, 6.07) is 6.61. The fourth-order valence-corrected chi connectivity index (χ4v) is 1.53. The van der Waals surface area contributed by atoms with Crippen molar-refractivity contribution in [2.75, 3.05) is 11.6 Å². The zero-order chi connectivity index (χ0) is 11.7. The summed E-state index contributed by atoms with van der Waals surface area (Å²) < 4.78 is 4.72. The van der Waals surface area contributed by atoms with E-state index in [-0.39, 0.29) is 6.73 Å². The van der Waals surface area contributed by atoms with Gasteiger partial charge in [0.25, 0.3) is 5.78 Å². The predicted molar refractivity (Wildman–Crippen MR) is 54.9 cm³/mol. The van der Waals surface area contributed by atoms with Crippen LogP contribution in [0.15, 0.2) is 24.3 Å². The Kier molecular flexibility index (Phi) is 2.44. The molecule has 1 amide bonds. The molecule has 0 atom stereocenters. The molecule has 0 aliphatic carbocycles. The smallest absolute Gasteiger partial charge is 0.304 e. The first-order valence-electron chi connectivity index (χ1n) is 4.70. The molecule has 0 N–H and O–H groups in total. The first-order chi connectivity index (χ1) is 7.61. The maximum Gasteiger partial charge on any atom is 0.304 e. The molecular weight excluding hydrogens is 210 g/mol. The van der Waals surface area contributed by atoms with Gasteiger partial charge in [0.2, 0.25) is 0 Å². The third kappa shape index (κ3) is 1.56. The summed E-state index contributed by atoms with van der Waals surface area (Å²) in [7, 11) is 0. The summed E-state index contributed by atoms with van der Waals surface area (Å²) in [5, 5.41) is 0. The molecule has 5 nitrogen and oxygen atoms in total. The number of ketones is 1. The van der Waals surface area contributed by atoms with Gasteiger partial charge >= 0.3 is 11.9 Å². The van der Waals surface area contributed by atoms with Crippen molar-refractivity contribution >= 4 is 23.3 Å². The fraction of sp³-hybridized carbons (Fsp3) is 0.182. The molecule has 82 valence electrons. The lowest BCUT2D eigenvalue weighted by Gasteiger charge is -2.15. The van der Waals surface area contributed by atoms with E-state index in [1.165, 1.54) is 6.92 Å². The lowest BCUT2D eigenvalue weighted by molar-refractivity contribution is -0.141. The van der Waals surface area contributed by atoms with Crippen LogP contribution in [-0.4, -0.2) is 24.4 Å². The summed E-state index contributed by atoms with van der Waals surface area (Å²) >= 11 is 0. The van der Waals surface area contributed by atoms with Crippen molar-refractivity contribution in [2.45, 2.75) is 6.92 Å². The van der Waals surface area contributed by atoms with Crippen molar-refractivity contribution in [3.8, 4) is 0 Å². The minimum Gasteiger partial charge on any atom is -0.444 e. The van der Waals surface area contributed by atoms with Gasteiger partial charge in [0, 0.05) is 6.92 Å². The molecule has 0 bridgehead atoms. The molecule has 1 aromatic carbocycles. The number of carbonyl (C=O) groups excluding carboxylic acids is 3. The normalized spacial score (nSPS) is 13.9. The van der Waals surface area contributed by atoms with Crippen molar-refractivity contribution in [3.05, 3.63) is 29.8 Å². The van der Waals surface area contributed by atoms with Crippen LogP contribution in [0.4, 0.5) is 5.69 Å². The molecule has 0 unspecified atom stereocenters. The quantitative estimate of drug-likeness (QED) is 0.543. The van der Waals surface area contributed by atoms with Gasteiger partial charge in [-0.1, -0.05) is 12.1 Å². The molecule has 0 aromatic heterocycles. The van der Waals surface area contributed by atoms with Gasteiger partial charge in [0.15, 0.2) is 6.73 Å². The van der Waals surface area contributed by atoms with E-state index in [1.807, 2.05) is 0 Å². The lowest BCUT2D eigenvalue weighted by Crippen LogP contribution is -2.32. The number of esters is 1. The second-order valence-corrected chi connectivity index (χ2v) is 3.34. The number of Topliss-reactive ketones (excluding diaryl/α,β-unsaturated/α-hetero) is 1. The number of hydrogen-bond acceptors (Lipinski definition) is 4. The first-order valence-corrected chi connectivity index (χ1v) is 4.70. The average Bonchev–Trinajstić information content (AvgIpc) is 2.50. The molecule has 1 aliphatic heterocycles. The Labute approximate surface area is 91.6 Å². The number of amides is 1. The number of rotatable bonds is 2. The minimum atomic E-state index is -0.664. The van der Waals surface area contributed by atoms with E-state index in [4.69, 9.17) is 4.74 Å². The molecule has 0 saturated carbocycles. The van der Waals surface area contributed by atoms with Gasteiger partial charge in [-0.2, -0.15) is 0 Å². The standard InChI is InChI=1S/C11H9NO4/c1-7(13)16-6-12-9-5-3-2-4-8(9)10(14)11(12)15/h2-5H,6H2,1H3. The van der Waals surface area contributed by atoms with Crippen LogP contribution in [0.1, 0.15) is 17.3 Å². The van der Waals surface area contributed by atoms with Crippen LogP contribution < -0.4 is 4.90 Å². The van der Waals surface area contributed by atoms with Gasteiger partial charge in [-0.15, -0.1) is 0 Å². The highest BCUT2D eigenvalue weighted by Gasteiger charge is 2.35. The monoisotopic (exact) mass is 219 g/mol. The van der Waals surface area contributed by atoms with Crippen LogP contribution in [0.3, 0.4) is 0 Å². The van der Waals surface area contributed by atoms with Crippen LogP contribution in [0.25, 0.3) is 0 Å². The minimum absolute atomic E-state index is 0.225. The van der Waals surface area contributed by atoms with Crippen LogP contribution in [0, 0.1) is 0 Å². The number of carbonyl (C=O) groups is 3. The van der Waals surface area contributed by atoms with Crippen LogP contribution in [0.2, 0.25) is 0 Å². The summed E-state index contributed by atoms with van der Waals surface area (Å²) in [6.07, 6.45) is 0. The number of para-hydroxylation sites is 1. The molecule has 1 aliphatic rings. The van der Waals surface area contributed by atoms with Crippen molar-refractivity contribution in [1.82, 2.24) is 0 Å². The Hall–Kier alpha value is -2.17. The fourth-order valence-electron chi connectivity index (χ4n) is 1.53. The molecule has 2 rings (SSSR count). The van der Waals surface area contributed by atoms with E-state index >= 15 is 0 Å². The highest BCUT2D eigenvalue weighted by molar-refractivity contribution is 6.52. The van der Waals surface area contributed by atoms with Gasteiger partial charge in [0.05, 0.1) is 11.3 Å². The number of hydrogen-bond donors (Lipinski definition) is 0. The molecule has 1 aromatic rings. The van der Waals surface area contributed by atoms with E-state index in [0.717, 1.165) is 4.90 Å². The van der Waals surface area contributed by atoms with Crippen LogP contribution in [0.5, 0.6) is 0 Å². The molecule has 5 heteroatoms. The maximum atomic E-state index is 11.6. The second kappa shape index (κ2) is 3.77. The van der Waals surface area contributed by atoms with Gasteiger partial charge < -0.3 is 4.74 Å². The summed E-state index contributed by atoms with van der Waals surface area (Å²) in [5.74, 6) is -1.73. The Morgan fingerprint density at radius 2 is 2.00 bits per heavy atom. The van der Waals surface area contributed by atoms with Gasteiger partial charge in [-0.05, 0) is 12.1 Å². The number of anilines is 1. The Morgan fingerprint density at radius 1 is 1.31 bits per heavy atom. The van der Waals surface area contributed by atoms with E-state index in [9.17, 15) is 14.4 Å². The first kappa shape index (κ1) is 10.4. The molecule has 1 heterocycles. The number of benzene rings is 1. The van der Waals surface area contributed by atoms with Gasteiger partial charge in [-0.3, -0.25) is 19.3 Å². The van der Waals surface area contributed by atoms with Crippen molar-refractivity contribution in [2.24, 2.45) is 0 Å². The largest absolute Gasteiger partial charge is 0.444 e. The summed E-state index contributed by atoms with van der Waals surface area (Å²) in [6.45, 7) is 1.02. The Morgan fingerprint density at radius 3 is 2.69 bits per heavy atom. The van der Waals surface area contributed by atoms with Crippen molar-refractivity contribution in [3.63, 3.8) is 0 Å². The Bertz CT molecular complexity index is 481. The third-order valence-corrected chi connectivity index (χ3v) is 2.28. The molecule has 0 fully saturated rings. The molecule has 16 heavy (non-hydrogen) atoms. The topological polar surface area (TPSA) is 63.7 Å². The molecule has 0 radical (unpaired) electrons. The summed E-state index contributed by atoms with van der Waals surface area (Å²) in [5.41, 5.74) is 0.832. The van der Waals surface area contributed by atoms with E-state index in [2.05, 4.69) is 0 Å². The van der Waals surface area contributed by atoms with Crippen LogP contribution >= 0.6 is 0 Å². The molecule has 0 saturated heterocycles.